The number of amidine groups is 1. The van der Waals surface area contributed by atoms with E-state index in [4.69, 9.17) is 16.7 Å². The first-order chi connectivity index (χ1) is 14.0. The third kappa shape index (κ3) is 6.32. The number of carbonyl (C=O) groups excluding carboxylic acids is 1. The number of aliphatic imine (C=N–C) groups is 1. The van der Waals surface area contributed by atoms with Gasteiger partial charge in [-0.05, 0) is 35.9 Å². The molecule has 0 bridgehead atoms. The van der Waals surface area contributed by atoms with Crippen LogP contribution in [-0.4, -0.2) is 45.3 Å². The molecule has 8 heteroatoms. The number of rotatable bonds is 8. The average molecular weight is 451 g/mol. The monoisotopic (exact) mass is 450 g/mol. The SMILES string of the molecule is O=C(O)CN=C(SCC(=O)c1cccs1)N(Cc1ccccc1Cl)C1CCCC1. The number of thioether (sulfide) groups is 1. The number of carbonyl (C=O) groups is 2. The lowest BCUT2D eigenvalue weighted by Crippen LogP contribution is -2.37. The molecule has 0 spiro atoms. The zero-order valence-corrected chi connectivity index (χ0v) is 18.3. The maximum atomic E-state index is 12.5. The molecule has 1 aliphatic rings. The minimum Gasteiger partial charge on any atom is -0.480 e. The van der Waals surface area contributed by atoms with Crippen LogP contribution in [0, 0.1) is 0 Å². The van der Waals surface area contributed by atoms with Gasteiger partial charge in [-0.1, -0.05) is 60.5 Å². The van der Waals surface area contributed by atoms with Crippen LogP contribution < -0.4 is 0 Å². The highest BCUT2D eigenvalue weighted by Gasteiger charge is 2.27. The van der Waals surface area contributed by atoms with E-state index in [1.807, 2.05) is 35.7 Å². The molecular weight excluding hydrogens is 428 g/mol. The third-order valence-corrected chi connectivity index (χ3v) is 7.10. The van der Waals surface area contributed by atoms with E-state index in [9.17, 15) is 9.59 Å². The van der Waals surface area contributed by atoms with Crippen LogP contribution in [0.3, 0.4) is 0 Å². The molecule has 1 heterocycles. The lowest BCUT2D eigenvalue weighted by atomic mass is 10.1. The second-order valence-electron chi connectivity index (χ2n) is 6.84. The fraction of sp³-hybridized carbons (Fsp3) is 0.381. The molecule has 1 fully saturated rings. The Bertz CT molecular complexity index is 865. The van der Waals surface area contributed by atoms with Crippen molar-refractivity contribution < 1.29 is 14.7 Å². The summed E-state index contributed by atoms with van der Waals surface area (Å²) < 4.78 is 0. The Morgan fingerprint density at radius 2 is 1.97 bits per heavy atom. The maximum absolute atomic E-state index is 12.5. The van der Waals surface area contributed by atoms with E-state index in [2.05, 4.69) is 9.89 Å². The number of aliphatic carboxylic acids is 1. The van der Waals surface area contributed by atoms with E-state index < -0.39 is 5.97 Å². The first-order valence-electron chi connectivity index (χ1n) is 9.50. The molecule has 5 nitrogen and oxygen atoms in total. The quantitative estimate of drug-likeness (QED) is 0.340. The van der Waals surface area contributed by atoms with Gasteiger partial charge >= 0.3 is 5.97 Å². The molecule has 2 aromatic rings. The van der Waals surface area contributed by atoms with E-state index >= 15 is 0 Å². The summed E-state index contributed by atoms with van der Waals surface area (Å²) in [7, 11) is 0. The standard InChI is InChI=1S/C21H23ClN2O3S2/c22-17-9-4-1-6-15(17)13-24(16-7-2-3-8-16)21(23-12-20(26)27)29-14-18(25)19-10-5-11-28-19/h1,4-6,9-11,16H,2-3,7-8,12-14H2,(H,26,27). The number of ketones is 1. The zero-order valence-electron chi connectivity index (χ0n) is 15.9. The van der Waals surface area contributed by atoms with E-state index in [-0.39, 0.29) is 24.1 Å². The maximum Gasteiger partial charge on any atom is 0.325 e. The van der Waals surface area contributed by atoms with Gasteiger partial charge in [0.25, 0.3) is 0 Å². The topological polar surface area (TPSA) is 70.0 Å². The van der Waals surface area contributed by atoms with Gasteiger partial charge in [0.05, 0.1) is 10.6 Å². The average Bonchev–Trinajstić information content (AvgIpc) is 3.42. The number of hydrogen-bond acceptors (Lipinski definition) is 5. The van der Waals surface area contributed by atoms with Gasteiger partial charge in [0.2, 0.25) is 0 Å². The molecule has 0 radical (unpaired) electrons. The van der Waals surface area contributed by atoms with Gasteiger partial charge in [0.1, 0.15) is 6.54 Å². The highest BCUT2D eigenvalue weighted by molar-refractivity contribution is 8.14. The van der Waals surface area contributed by atoms with E-state index in [0.29, 0.717) is 21.6 Å². The van der Waals surface area contributed by atoms with Gasteiger partial charge < -0.3 is 10.0 Å². The first-order valence-corrected chi connectivity index (χ1v) is 11.7. The van der Waals surface area contributed by atoms with Crippen LogP contribution in [0.5, 0.6) is 0 Å². The van der Waals surface area contributed by atoms with Crippen molar-refractivity contribution in [3.8, 4) is 0 Å². The smallest absolute Gasteiger partial charge is 0.325 e. The van der Waals surface area contributed by atoms with Crippen molar-refractivity contribution >= 4 is 51.6 Å². The van der Waals surface area contributed by atoms with Gasteiger partial charge in [-0.3, -0.25) is 14.6 Å². The summed E-state index contributed by atoms with van der Waals surface area (Å²) in [4.78, 5) is 30.9. The van der Waals surface area contributed by atoms with Crippen LogP contribution >= 0.6 is 34.7 Å². The van der Waals surface area contributed by atoms with Gasteiger partial charge in [0, 0.05) is 17.6 Å². The van der Waals surface area contributed by atoms with E-state index in [0.717, 1.165) is 31.2 Å². The summed E-state index contributed by atoms with van der Waals surface area (Å²) in [5, 5.41) is 12.3. The Hall–Kier alpha value is -1.83. The summed E-state index contributed by atoms with van der Waals surface area (Å²) in [6, 6.07) is 11.6. The second kappa shape index (κ2) is 10.8. The van der Waals surface area contributed by atoms with Crippen LogP contribution in [0.25, 0.3) is 0 Å². The summed E-state index contributed by atoms with van der Waals surface area (Å²) in [5.41, 5.74) is 0.967. The molecule has 1 N–H and O–H groups in total. The van der Waals surface area contributed by atoms with Gasteiger partial charge in [-0.2, -0.15) is 0 Å². The molecule has 154 valence electrons. The fourth-order valence-electron chi connectivity index (χ4n) is 3.37. The molecule has 1 aromatic heterocycles. The number of nitrogens with zero attached hydrogens (tertiary/aromatic N) is 2. The molecule has 0 saturated heterocycles. The normalized spacial score (nSPS) is 14.9. The summed E-state index contributed by atoms with van der Waals surface area (Å²) in [6.45, 7) is 0.226. The Morgan fingerprint density at radius 1 is 1.21 bits per heavy atom. The highest BCUT2D eigenvalue weighted by Crippen LogP contribution is 2.30. The lowest BCUT2D eigenvalue weighted by Gasteiger charge is -2.32. The summed E-state index contributed by atoms with van der Waals surface area (Å²) in [5.74, 6) is -0.737. The van der Waals surface area contributed by atoms with Crippen LogP contribution in [0.4, 0.5) is 0 Å². The predicted octanol–water partition coefficient (Wildman–Crippen LogP) is 5.20. The Labute approximate surface area is 183 Å². The number of hydrogen-bond donors (Lipinski definition) is 1. The zero-order chi connectivity index (χ0) is 20.6. The number of Topliss-reactive ketones (excluding diaryl/α,β-unsaturated/α-hetero) is 1. The third-order valence-electron chi connectivity index (χ3n) is 4.79. The minimum atomic E-state index is -0.989. The van der Waals surface area contributed by atoms with Crippen molar-refractivity contribution in [3.63, 3.8) is 0 Å². The second-order valence-corrected chi connectivity index (χ2v) is 9.14. The fourth-order valence-corrected chi connectivity index (χ4v) is 5.27. The number of carboxylic acid groups (broad SMARTS) is 1. The van der Waals surface area contributed by atoms with Gasteiger partial charge in [-0.25, -0.2) is 0 Å². The van der Waals surface area contributed by atoms with Crippen LogP contribution in [0.15, 0.2) is 46.8 Å². The van der Waals surface area contributed by atoms with Crippen molar-refractivity contribution in [3.05, 3.63) is 57.2 Å². The van der Waals surface area contributed by atoms with Crippen LogP contribution in [0.2, 0.25) is 5.02 Å². The van der Waals surface area contributed by atoms with Gasteiger partial charge in [0.15, 0.2) is 11.0 Å². The Morgan fingerprint density at radius 3 is 2.62 bits per heavy atom. The molecule has 1 aliphatic carbocycles. The van der Waals surface area contributed by atoms with Crippen LogP contribution in [-0.2, 0) is 11.3 Å². The molecule has 1 aromatic carbocycles. The molecule has 0 unspecified atom stereocenters. The van der Waals surface area contributed by atoms with Crippen LogP contribution in [0.1, 0.15) is 40.9 Å². The first kappa shape index (κ1) is 21.9. The summed E-state index contributed by atoms with van der Waals surface area (Å²) >= 11 is 9.11. The number of halogens is 1. The number of thiophene rings is 1. The number of benzene rings is 1. The molecule has 1 saturated carbocycles. The Kier molecular flexibility index (Phi) is 8.15. The predicted molar refractivity (Wildman–Crippen MR) is 120 cm³/mol. The molecule has 0 amide bonds. The van der Waals surface area contributed by atoms with Crippen molar-refractivity contribution in [1.82, 2.24) is 4.90 Å². The van der Waals surface area contributed by atoms with E-state index in [1.165, 1.54) is 23.1 Å². The molecule has 0 aliphatic heterocycles. The van der Waals surface area contributed by atoms with Crippen molar-refractivity contribution in [2.24, 2.45) is 4.99 Å². The lowest BCUT2D eigenvalue weighted by molar-refractivity contribution is -0.135. The van der Waals surface area contributed by atoms with Crippen molar-refractivity contribution in [2.75, 3.05) is 12.3 Å². The molecule has 3 rings (SSSR count). The van der Waals surface area contributed by atoms with Crippen molar-refractivity contribution in [2.45, 2.75) is 38.3 Å². The van der Waals surface area contributed by atoms with Gasteiger partial charge in [-0.15, -0.1) is 11.3 Å². The summed E-state index contributed by atoms with van der Waals surface area (Å²) in [6.07, 6.45) is 4.31. The largest absolute Gasteiger partial charge is 0.480 e. The highest BCUT2D eigenvalue weighted by atomic mass is 35.5. The number of carboxylic acids is 1. The van der Waals surface area contributed by atoms with Crippen molar-refractivity contribution in [1.29, 1.82) is 0 Å². The molecule has 29 heavy (non-hydrogen) atoms. The Balaban J connectivity index is 1.83. The van der Waals surface area contributed by atoms with E-state index in [1.54, 1.807) is 6.07 Å². The minimum absolute atomic E-state index is 0.0251. The molecule has 0 atom stereocenters. The molecular formula is C21H23ClN2O3S2.